The molecule has 0 aliphatic rings. The lowest BCUT2D eigenvalue weighted by Crippen LogP contribution is -2.20. The Morgan fingerprint density at radius 1 is 1.23 bits per heavy atom. The second-order valence-corrected chi connectivity index (χ2v) is 7.06. The molecule has 3 aromatic rings. The number of hydrogen-bond acceptors (Lipinski definition) is 7. The number of aryl methyl sites for hydroxylation is 1. The number of benzene rings is 2. The lowest BCUT2D eigenvalue weighted by molar-refractivity contribution is -0.118. The van der Waals surface area contributed by atoms with Crippen molar-refractivity contribution in [1.29, 1.82) is 0 Å². The van der Waals surface area contributed by atoms with Crippen LogP contribution in [0.5, 0.6) is 11.5 Å². The number of aromatic nitrogens is 3. The van der Waals surface area contributed by atoms with E-state index in [9.17, 15) is 4.79 Å². The van der Waals surface area contributed by atoms with Crippen molar-refractivity contribution in [3.63, 3.8) is 0 Å². The summed E-state index contributed by atoms with van der Waals surface area (Å²) >= 11 is 1.29. The summed E-state index contributed by atoms with van der Waals surface area (Å²) in [4.78, 5) is 12.2. The fraction of sp³-hybridized carbons (Fsp3) is 0.238. The monoisotopic (exact) mass is 425 g/mol. The molecule has 0 fully saturated rings. The first kappa shape index (κ1) is 21.4. The zero-order chi connectivity index (χ0) is 21.3. The molecule has 0 saturated heterocycles. The highest BCUT2D eigenvalue weighted by Crippen LogP contribution is 2.23. The van der Waals surface area contributed by atoms with Crippen molar-refractivity contribution in [2.45, 2.75) is 19.0 Å². The minimum Gasteiger partial charge on any atom is -0.496 e. The average molecular weight is 426 g/mol. The minimum atomic E-state index is -0.253. The lowest BCUT2D eigenvalue weighted by atomic mass is 10.2. The molecule has 1 N–H and O–H groups in total. The van der Waals surface area contributed by atoms with Crippen LogP contribution in [0.4, 0.5) is 0 Å². The van der Waals surface area contributed by atoms with E-state index in [0.29, 0.717) is 28.8 Å². The Hall–Kier alpha value is -3.33. The van der Waals surface area contributed by atoms with Crippen LogP contribution in [0.3, 0.4) is 0 Å². The van der Waals surface area contributed by atoms with Gasteiger partial charge in [0, 0.05) is 11.3 Å². The molecule has 0 atom stereocenters. The molecule has 9 heteroatoms. The van der Waals surface area contributed by atoms with Gasteiger partial charge in [-0.1, -0.05) is 30.0 Å². The third-order valence-corrected chi connectivity index (χ3v) is 4.98. The second kappa shape index (κ2) is 10.4. The van der Waals surface area contributed by atoms with E-state index in [1.807, 2.05) is 54.8 Å². The highest BCUT2D eigenvalue weighted by molar-refractivity contribution is 7.99. The van der Waals surface area contributed by atoms with Gasteiger partial charge in [-0.25, -0.2) is 5.43 Å². The molecule has 30 heavy (non-hydrogen) atoms. The van der Waals surface area contributed by atoms with Crippen molar-refractivity contribution in [3.05, 3.63) is 59.9 Å². The lowest BCUT2D eigenvalue weighted by Gasteiger charge is -2.08. The van der Waals surface area contributed by atoms with Gasteiger partial charge in [0.2, 0.25) is 0 Å². The summed E-state index contributed by atoms with van der Waals surface area (Å²) in [5.41, 5.74) is 4.18. The Labute approximate surface area is 179 Å². The fourth-order valence-corrected chi connectivity index (χ4v) is 3.51. The van der Waals surface area contributed by atoms with Crippen molar-refractivity contribution in [2.75, 3.05) is 19.5 Å². The van der Waals surface area contributed by atoms with E-state index in [1.165, 1.54) is 18.0 Å². The van der Waals surface area contributed by atoms with Crippen LogP contribution < -0.4 is 14.9 Å². The number of hydrazone groups is 1. The van der Waals surface area contributed by atoms with E-state index >= 15 is 0 Å². The van der Waals surface area contributed by atoms with Gasteiger partial charge in [-0.15, -0.1) is 10.2 Å². The average Bonchev–Trinajstić information content (AvgIpc) is 3.13. The SMILES string of the molecule is CCOc1ccc(OC)c(C=NNC(=O)CSc2nnc(C)n2-c2ccccc2)c1. The predicted molar refractivity (Wildman–Crippen MR) is 117 cm³/mol. The van der Waals surface area contributed by atoms with Gasteiger partial charge in [0.1, 0.15) is 17.3 Å². The van der Waals surface area contributed by atoms with Gasteiger partial charge in [0.25, 0.3) is 5.91 Å². The van der Waals surface area contributed by atoms with Gasteiger partial charge < -0.3 is 9.47 Å². The fourth-order valence-electron chi connectivity index (χ4n) is 2.72. The third kappa shape index (κ3) is 5.38. The van der Waals surface area contributed by atoms with Gasteiger partial charge >= 0.3 is 0 Å². The Kier molecular flexibility index (Phi) is 7.45. The van der Waals surface area contributed by atoms with Crippen LogP contribution in [-0.4, -0.2) is 46.4 Å². The first-order valence-corrected chi connectivity index (χ1v) is 10.3. The topological polar surface area (TPSA) is 90.6 Å². The number of carbonyl (C=O) groups is 1. The molecular formula is C21H23N5O3S. The van der Waals surface area contributed by atoms with Crippen molar-refractivity contribution in [3.8, 4) is 17.2 Å². The molecule has 0 radical (unpaired) electrons. The summed E-state index contributed by atoms with van der Waals surface area (Å²) in [6.45, 7) is 4.35. The van der Waals surface area contributed by atoms with E-state index in [2.05, 4.69) is 20.7 Å². The van der Waals surface area contributed by atoms with Crippen molar-refractivity contribution in [1.82, 2.24) is 20.2 Å². The van der Waals surface area contributed by atoms with Crippen LogP contribution in [0.1, 0.15) is 18.3 Å². The summed E-state index contributed by atoms with van der Waals surface area (Å²) in [6, 6.07) is 15.2. The Morgan fingerprint density at radius 2 is 2.03 bits per heavy atom. The summed E-state index contributed by atoms with van der Waals surface area (Å²) < 4.78 is 12.7. The van der Waals surface area contributed by atoms with E-state index in [1.54, 1.807) is 19.2 Å². The first-order valence-electron chi connectivity index (χ1n) is 9.35. The summed E-state index contributed by atoms with van der Waals surface area (Å²) in [5, 5.41) is 13.0. The van der Waals surface area contributed by atoms with Gasteiger partial charge in [-0.2, -0.15) is 5.10 Å². The number of methoxy groups -OCH3 is 1. The zero-order valence-corrected chi connectivity index (χ0v) is 17.8. The van der Waals surface area contributed by atoms with Crippen LogP contribution in [-0.2, 0) is 4.79 Å². The second-order valence-electron chi connectivity index (χ2n) is 6.12. The summed E-state index contributed by atoms with van der Waals surface area (Å²) in [6.07, 6.45) is 1.53. The van der Waals surface area contributed by atoms with Gasteiger partial charge in [0.15, 0.2) is 5.16 Å². The largest absolute Gasteiger partial charge is 0.496 e. The number of nitrogens with zero attached hydrogens (tertiary/aromatic N) is 4. The van der Waals surface area contributed by atoms with Gasteiger partial charge in [-0.05, 0) is 44.2 Å². The van der Waals surface area contributed by atoms with Crippen molar-refractivity contribution in [2.24, 2.45) is 5.10 Å². The van der Waals surface area contributed by atoms with E-state index < -0.39 is 0 Å². The van der Waals surface area contributed by atoms with E-state index in [-0.39, 0.29) is 11.7 Å². The highest BCUT2D eigenvalue weighted by Gasteiger charge is 2.13. The van der Waals surface area contributed by atoms with Crippen LogP contribution in [0.2, 0.25) is 0 Å². The molecule has 3 rings (SSSR count). The molecule has 8 nitrogen and oxygen atoms in total. The van der Waals surface area contributed by atoms with Crippen LogP contribution in [0.25, 0.3) is 5.69 Å². The quantitative estimate of drug-likeness (QED) is 0.322. The molecule has 0 bridgehead atoms. The van der Waals surface area contributed by atoms with E-state index in [4.69, 9.17) is 9.47 Å². The molecule has 0 saturated carbocycles. The third-order valence-electron chi connectivity index (χ3n) is 4.05. The first-order chi connectivity index (χ1) is 14.6. The molecule has 0 unspecified atom stereocenters. The maximum Gasteiger partial charge on any atom is 0.250 e. The Bertz CT molecular complexity index is 1020. The molecule has 1 aromatic heterocycles. The highest BCUT2D eigenvalue weighted by atomic mass is 32.2. The van der Waals surface area contributed by atoms with Crippen LogP contribution >= 0.6 is 11.8 Å². The minimum absolute atomic E-state index is 0.151. The maximum absolute atomic E-state index is 12.2. The molecule has 2 aromatic carbocycles. The Balaban J connectivity index is 1.61. The molecule has 1 heterocycles. The summed E-state index contributed by atoms with van der Waals surface area (Å²) in [5.74, 6) is 1.99. The number of carbonyl (C=O) groups excluding carboxylic acids is 1. The zero-order valence-electron chi connectivity index (χ0n) is 17.0. The molecule has 0 aliphatic carbocycles. The van der Waals surface area contributed by atoms with Crippen molar-refractivity contribution < 1.29 is 14.3 Å². The molecule has 0 spiro atoms. The molecular weight excluding hydrogens is 402 g/mol. The number of ether oxygens (including phenoxy) is 2. The number of rotatable bonds is 9. The number of thioether (sulfide) groups is 1. The normalized spacial score (nSPS) is 10.9. The number of hydrogen-bond donors (Lipinski definition) is 1. The number of nitrogens with one attached hydrogen (secondary N) is 1. The molecule has 0 aliphatic heterocycles. The predicted octanol–water partition coefficient (Wildman–Crippen LogP) is 3.23. The van der Waals surface area contributed by atoms with E-state index in [0.717, 1.165) is 11.5 Å². The standard InChI is InChI=1S/C21H23N5O3S/c1-4-29-18-10-11-19(28-3)16(12-18)13-22-24-20(27)14-30-21-25-23-15(2)26(21)17-8-6-5-7-9-17/h5-13H,4,14H2,1-3H3,(H,24,27). The van der Waals surface area contributed by atoms with Crippen LogP contribution in [0, 0.1) is 6.92 Å². The van der Waals surface area contributed by atoms with Crippen molar-refractivity contribution >= 4 is 23.9 Å². The number of para-hydroxylation sites is 1. The smallest absolute Gasteiger partial charge is 0.250 e. The maximum atomic E-state index is 12.2. The summed E-state index contributed by atoms with van der Waals surface area (Å²) in [7, 11) is 1.58. The van der Waals surface area contributed by atoms with Gasteiger partial charge in [-0.3, -0.25) is 9.36 Å². The molecule has 1 amide bonds. The Morgan fingerprint density at radius 3 is 2.77 bits per heavy atom. The molecule has 156 valence electrons. The van der Waals surface area contributed by atoms with Crippen LogP contribution in [0.15, 0.2) is 58.8 Å². The van der Waals surface area contributed by atoms with Gasteiger partial charge in [0.05, 0.1) is 25.7 Å². The number of amides is 1.